The van der Waals surface area contributed by atoms with Crippen LogP contribution in [0.5, 0.6) is 5.75 Å². The number of anilines is 2. The van der Waals surface area contributed by atoms with Crippen molar-refractivity contribution in [1.82, 2.24) is 0 Å². The molecule has 0 fully saturated rings. The van der Waals surface area contributed by atoms with E-state index in [-0.39, 0.29) is 6.61 Å². The standard InChI is InChI=1S/C15H12ClN3O2/c16-11-4-3-5-12(10-11)18-15(20)19-13-6-1-2-7-14(13)21-9-8-17/h1-7,10H,9H2,(H2,18,19,20). The normalized spacial score (nSPS) is 9.52. The quantitative estimate of drug-likeness (QED) is 0.899. The molecule has 0 aliphatic rings. The highest BCUT2D eigenvalue weighted by molar-refractivity contribution is 6.30. The SMILES string of the molecule is N#CCOc1ccccc1NC(=O)Nc1cccc(Cl)c1. The molecule has 2 aromatic rings. The lowest BCUT2D eigenvalue weighted by atomic mass is 10.3. The van der Waals surface area contributed by atoms with Crippen molar-refractivity contribution in [2.75, 3.05) is 17.2 Å². The second-order valence-corrected chi connectivity index (χ2v) is 4.47. The predicted octanol–water partition coefficient (Wildman–Crippen LogP) is 3.89. The lowest BCUT2D eigenvalue weighted by Crippen LogP contribution is -2.19. The maximum atomic E-state index is 11.9. The fourth-order valence-corrected chi connectivity index (χ4v) is 1.85. The number of para-hydroxylation sites is 2. The van der Waals surface area contributed by atoms with Crippen molar-refractivity contribution in [1.29, 1.82) is 5.26 Å². The number of halogens is 1. The second-order valence-electron chi connectivity index (χ2n) is 4.03. The molecule has 2 rings (SSSR count). The van der Waals surface area contributed by atoms with Gasteiger partial charge in [0, 0.05) is 10.7 Å². The highest BCUT2D eigenvalue weighted by Gasteiger charge is 2.07. The Morgan fingerprint density at radius 1 is 1.19 bits per heavy atom. The molecule has 0 unspecified atom stereocenters. The van der Waals surface area contributed by atoms with Crippen LogP contribution in [-0.2, 0) is 0 Å². The van der Waals surface area contributed by atoms with Crippen LogP contribution in [0, 0.1) is 11.3 Å². The third-order valence-corrected chi connectivity index (χ3v) is 2.75. The number of nitrogens with one attached hydrogen (secondary N) is 2. The topological polar surface area (TPSA) is 74.1 Å². The summed E-state index contributed by atoms with van der Waals surface area (Å²) in [5.41, 5.74) is 1.06. The zero-order chi connectivity index (χ0) is 15.1. The van der Waals surface area contributed by atoms with Gasteiger partial charge in [-0.3, -0.25) is 0 Å². The number of hydrogen-bond donors (Lipinski definition) is 2. The minimum absolute atomic E-state index is 0.0887. The van der Waals surface area contributed by atoms with Gasteiger partial charge in [-0.05, 0) is 30.3 Å². The Bertz CT molecular complexity index is 683. The summed E-state index contributed by atoms with van der Waals surface area (Å²) in [4.78, 5) is 11.9. The maximum absolute atomic E-state index is 11.9. The van der Waals surface area contributed by atoms with E-state index in [0.29, 0.717) is 22.1 Å². The number of nitriles is 1. The van der Waals surface area contributed by atoms with Gasteiger partial charge in [-0.2, -0.15) is 5.26 Å². The summed E-state index contributed by atoms with van der Waals surface area (Å²) in [6, 6.07) is 15.1. The number of rotatable bonds is 4. The van der Waals surface area contributed by atoms with E-state index < -0.39 is 6.03 Å². The van der Waals surface area contributed by atoms with E-state index in [9.17, 15) is 4.79 Å². The van der Waals surface area contributed by atoms with Crippen LogP contribution in [0.25, 0.3) is 0 Å². The van der Waals surface area contributed by atoms with E-state index in [1.54, 1.807) is 48.5 Å². The van der Waals surface area contributed by atoms with Crippen LogP contribution >= 0.6 is 11.6 Å². The van der Waals surface area contributed by atoms with E-state index >= 15 is 0 Å². The van der Waals surface area contributed by atoms with E-state index in [2.05, 4.69) is 10.6 Å². The molecule has 0 aromatic heterocycles. The summed E-state index contributed by atoms with van der Waals surface area (Å²) in [5.74, 6) is 0.431. The Morgan fingerprint density at radius 2 is 2.00 bits per heavy atom. The van der Waals surface area contributed by atoms with Gasteiger partial charge in [0.25, 0.3) is 0 Å². The van der Waals surface area contributed by atoms with E-state index in [4.69, 9.17) is 21.6 Å². The number of ether oxygens (including phenoxy) is 1. The Morgan fingerprint density at radius 3 is 2.76 bits per heavy atom. The van der Waals surface area contributed by atoms with Gasteiger partial charge < -0.3 is 15.4 Å². The molecule has 0 saturated heterocycles. The average Bonchev–Trinajstić information content (AvgIpc) is 2.46. The summed E-state index contributed by atoms with van der Waals surface area (Å²) in [6.45, 7) is -0.0887. The van der Waals surface area contributed by atoms with Gasteiger partial charge in [-0.15, -0.1) is 0 Å². The molecule has 2 aromatic carbocycles. The lowest BCUT2D eigenvalue weighted by molar-refractivity contribution is 0.262. The number of amides is 2. The molecule has 5 nitrogen and oxygen atoms in total. The minimum Gasteiger partial charge on any atom is -0.477 e. The molecule has 0 spiro atoms. The van der Waals surface area contributed by atoms with E-state index in [0.717, 1.165) is 0 Å². The molecule has 0 atom stereocenters. The van der Waals surface area contributed by atoms with Crippen LogP contribution in [-0.4, -0.2) is 12.6 Å². The van der Waals surface area contributed by atoms with Gasteiger partial charge in [-0.1, -0.05) is 29.8 Å². The predicted molar refractivity (Wildman–Crippen MR) is 81.6 cm³/mol. The molecule has 0 heterocycles. The fourth-order valence-electron chi connectivity index (χ4n) is 1.66. The Hall–Kier alpha value is -2.71. The molecule has 6 heteroatoms. The Labute approximate surface area is 127 Å². The molecule has 2 N–H and O–H groups in total. The van der Waals surface area contributed by atoms with Crippen LogP contribution in [0.3, 0.4) is 0 Å². The van der Waals surface area contributed by atoms with Crippen molar-refractivity contribution in [2.45, 2.75) is 0 Å². The smallest absolute Gasteiger partial charge is 0.323 e. The molecular formula is C15H12ClN3O2. The zero-order valence-corrected chi connectivity index (χ0v) is 11.7. The number of hydrogen-bond acceptors (Lipinski definition) is 3. The summed E-state index contributed by atoms with van der Waals surface area (Å²) >= 11 is 5.85. The number of carbonyl (C=O) groups excluding carboxylic acids is 1. The third kappa shape index (κ3) is 4.41. The van der Waals surface area contributed by atoms with Gasteiger partial charge in [-0.25, -0.2) is 4.79 Å². The van der Waals surface area contributed by atoms with Gasteiger partial charge in [0.2, 0.25) is 0 Å². The number of urea groups is 1. The summed E-state index contributed by atoms with van der Waals surface area (Å²) in [6.07, 6.45) is 0. The van der Waals surface area contributed by atoms with Crippen molar-refractivity contribution in [3.63, 3.8) is 0 Å². The van der Waals surface area contributed by atoms with Crippen LogP contribution in [0.1, 0.15) is 0 Å². The van der Waals surface area contributed by atoms with Crippen molar-refractivity contribution >= 4 is 29.0 Å². The van der Waals surface area contributed by atoms with Crippen molar-refractivity contribution in [3.8, 4) is 11.8 Å². The molecule has 21 heavy (non-hydrogen) atoms. The van der Waals surface area contributed by atoms with Crippen molar-refractivity contribution in [2.24, 2.45) is 0 Å². The molecule has 2 amide bonds. The van der Waals surface area contributed by atoms with Crippen LogP contribution in [0.4, 0.5) is 16.2 Å². The molecule has 0 radical (unpaired) electrons. The van der Waals surface area contributed by atoms with Gasteiger partial charge in [0.1, 0.15) is 11.8 Å². The summed E-state index contributed by atoms with van der Waals surface area (Å²) < 4.78 is 5.23. The molecular weight excluding hydrogens is 290 g/mol. The monoisotopic (exact) mass is 301 g/mol. The third-order valence-electron chi connectivity index (χ3n) is 2.51. The number of nitrogens with zero attached hydrogens (tertiary/aromatic N) is 1. The van der Waals surface area contributed by atoms with Gasteiger partial charge >= 0.3 is 6.03 Å². The summed E-state index contributed by atoms with van der Waals surface area (Å²) in [5, 5.41) is 14.4. The highest BCUT2D eigenvalue weighted by Crippen LogP contribution is 2.24. The van der Waals surface area contributed by atoms with Crippen molar-refractivity contribution in [3.05, 3.63) is 53.6 Å². The number of benzene rings is 2. The highest BCUT2D eigenvalue weighted by atomic mass is 35.5. The molecule has 106 valence electrons. The second kappa shape index (κ2) is 7.17. The van der Waals surface area contributed by atoms with Gasteiger partial charge in [0.15, 0.2) is 6.61 Å². The van der Waals surface area contributed by atoms with Crippen LogP contribution in [0.2, 0.25) is 5.02 Å². The Balaban J connectivity index is 2.04. The van der Waals surface area contributed by atoms with E-state index in [1.165, 1.54) is 0 Å². The first-order chi connectivity index (χ1) is 10.2. The molecule has 0 bridgehead atoms. The molecule has 0 aliphatic carbocycles. The average molecular weight is 302 g/mol. The van der Waals surface area contributed by atoms with Crippen LogP contribution < -0.4 is 15.4 Å². The molecule has 0 saturated carbocycles. The van der Waals surface area contributed by atoms with Crippen LogP contribution in [0.15, 0.2) is 48.5 Å². The zero-order valence-electron chi connectivity index (χ0n) is 11.0. The van der Waals surface area contributed by atoms with Crippen molar-refractivity contribution < 1.29 is 9.53 Å². The largest absolute Gasteiger partial charge is 0.477 e. The Kier molecular flexibility index (Phi) is 5.02. The molecule has 0 aliphatic heterocycles. The van der Waals surface area contributed by atoms with E-state index in [1.807, 2.05) is 6.07 Å². The fraction of sp³-hybridized carbons (Fsp3) is 0.0667. The first-order valence-corrected chi connectivity index (χ1v) is 6.49. The first kappa shape index (κ1) is 14.7. The maximum Gasteiger partial charge on any atom is 0.323 e. The van der Waals surface area contributed by atoms with Gasteiger partial charge in [0.05, 0.1) is 5.69 Å². The minimum atomic E-state index is -0.426. The lowest BCUT2D eigenvalue weighted by Gasteiger charge is -2.11. The summed E-state index contributed by atoms with van der Waals surface area (Å²) in [7, 11) is 0. The first-order valence-electron chi connectivity index (χ1n) is 6.11. The number of carbonyl (C=O) groups is 1.